The lowest BCUT2D eigenvalue weighted by Crippen LogP contribution is -2.01. The van der Waals surface area contributed by atoms with E-state index in [9.17, 15) is 14.9 Å². The monoisotopic (exact) mass is 209 g/mol. The van der Waals surface area contributed by atoms with Crippen molar-refractivity contribution < 1.29 is 14.1 Å². The molecule has 1 heterocycles. The SMILES string of the molecule is CC(C)C(=O)/C=C/c1ccc([N+](=O)[O-])o1. The summed E-state index contributed by atoms with van der Waals surface area (Å²) in [6.45, 7) is 3.55. The third-order valence-electron chi connectivity index (χ3n) is 1.77. The van der Waals surface area contributed by atoms with Crippen molar-refractivity contribution in [2.75, 3.05) is 0 Å². The van der Waals surface area contributed by atoms with E-state index in [4.69, 9.17) is 4.42 Å². The van der Waals surface area contributed by atoms with E-state index in [1.54, 1.807) is 13.8 Å². The molecule has 1 aromatic rings. The van der Waals surface area contributed by atoms with Crippen LogP contribution in [0.3, 0.4) is 0 Å². The van der Waals surface area contributed by atoms with Crippen LogP contribution in [0, 0.1) is 16.0 Å². The molecule has 5 heteroatoms. The van der Waals surface area contributed by atoms with Crippen LogP contribution >= 0.6 is 0 Å². The molecule has 0 aliphatic heterocycles. The number of carbonyl (C=O) groups excluding carboxylic acids is 1. The van der Waals surface area contributed by atoms with Crippen molar-refractivity contribution in [2.24, 2.45) is 5.92 Å². The van der Waals surface area contributed by atoms with E-state index in [0.29, 0.717) is 5.76 Å². The maximum Gasteiger partial charge on any atom is 0.433 e. The zero-order valence-electron chi connectivity index (χ0n) is 8.47. The number of ketones is 1. The highest BCUT2D eigenvalue weighted by Crippen LogP contribution is 2.16. The number of hydrogen-bond donors (Lipinski definition) is 0. The largest absolute Gasteiger partial charge is 0.433 e. The number of allylic oxidation sites excluding steroid dienone is 1. The lowest BCUT2D eigenvalue weighted by molar-refractivity contribution is -0.402. The third kappa shape index (κ3) is 3.05. The first-order valence-corrected chi connectivity index (χ1v) is 4.47. The molecule has 0 fully saturated rings. The Balaban J connectivity index is 2.73. The van der Waals surface area contributed by atoms with Crippen molar-refractivity contribution in [1.82, 2.24) is 0 Å². The average Bonchev–Trinajstić information content (AvgIpc) is 2.62. The summed E-state index contributed by atoms with van der Waals surface area (Å²) in [5, 5.41) is 10.3. The molecule has 0 radical (unpaired) electrons. The van der Waals surface area contributed by atoms with Gasteiger partial charge in [0.2, 0.25) is 0 Å². The molecule has 0 aromatic carbocycles. The summed E-state index contributed by atoms with van der Waals surface area (Å²) in [5.41, 5.74) is 0. The second-order valence-electron chi connectivity index (χ2n) is 3.32. The molecule has 0 N–H and O–H groups in total. The van der Waals surface area contributed by atoms with Gasteiger partial charge in [-0.25, -0.2) is 0 Å². The molecule has 1 rings (SSSR count). The van der Waals surface area contributed by atoms with Crippen LogP contribution in [0.5, 0.6) is 0 Å². The summed E-state index contributed by atoms with van der Waals surface area (Å²) in [7, 11) is 0. The first-order valence-electron chi connectivity index (χ1n) is 4.47. The molecule has 0 saturated heterocycles. The fourth-order valence-electron chi connectivity index (χ4n) is 0.887. The molecule has 0 atom stereocenters. The first-order chi connectivity index (χ1) is 7.00. The molecular weight excluding hydrogens is 198 g/mol. The molecule has 0 unspecified atom stereocenters. The smallest absolute Gasteiger partial charge is 0.401 e. The van der Waals surface area contributed by atoms with Gasteiger partial charge in [-0.1, -0.05) is 13.8 Å². The van der Waals surface area contributed by atoms with Crippen LogP contribution in [-0.2, 0) is 4.79 Å². The van der Waals surface area contributed by atoms with Gasteiger partial charge < -0.3 is 4.42 Å². The van der Waals surface area contributed by atoms with Crippen molar-refractivity contribution in [2.45, 2.75) is 13.8 Å². The normalized spacial score (nSPS) is 11.1. The molecule has 1 aromatic heterocycles. The van der Waals surface area contributed by atoms with Crippen LogP contribution in [0.2, 0.25) is 0 Å². The number of nitro groups is 1. The second-order valence-corrected chi connectivity index (χ2v) is 3.32. The zero-order valence-corrected chi connectivity index (χ0v) is 8.47. The van der Waals surface area contributed by atoms with Gasteiger partial charge in [0.05, 0.1) is 6.07 Å². The number of nitrogens with zero attached hydrogens (tertiary/aromatic N) is 1. The summed E-state index contributed by atoms with van der Waals surface area (Å²) in [6.07, 6.45) is 2.78. The predicted molar refractivity (Wildman–Crippen MR) is 54.2 cm³/mol. The fourth-order valence-corrected chi connectivity index (χ4v) is 0.887. The molecule has 0 bridgehead atoms. The van der Waals surface area contributed by atoms with Gasteiger partial charge in [-0.2, -0.15) is 0 Å². The maximum absolute atomic E-state index is 11.2. The van der Waals surface area contributed by atoms with Crippen LogP contribution in [0.15, 0.2) is 22.6 Å². The first kappa shape index (κ1) is 11.2. The number of rotatable bonds is 4. The summed E-state index contributed by atoms with van der Waals surface area (Å²) < 4.78 is 4.84. The molecule has 5 nitrogen and oxygen atoms in total. The van der Waals surface area contributed by atoms with Crippen molar-refractivity contribution in [1.29, 1.82) is 0 Å². The lowest BCUT2D eigenvalue weighted by atomic mass is 10.1. The van der Waals surface area contributed by atoms with E-state index < -0.39 is 4.92 Å². The Kier molecular flexibility index (Phi) is 3.38. The Morgan fingerprint density at radius 3 is 2.67 bits per heavy atom. The fraction of sp³-hybridized carbons (Fsp3) is 0.300. The minimum Gasteiger partial charge on any atom is -0.401 e. The molecular formula is C10H11NO4. The van der Waals surface area contributed by atoms with Crippen LogP contribution in [-0.4, -0.2) is 10.7 Å². The van der Waals surface area contributed by atoms with Gasteiger partial charge in [-0.15, -0.1) is 0 Å². The minimum absolute atomic E-state index is 0.0472. The molecule has 0 saturated carbocycles. The van der Waals surface area contributed by atoms with E-state index in [2.05, 4.69) is 0 Å². The van der Waals surface area contributed by atoms with E-state index in [1.807, 2.05) is 0 Å². The number of hydrogen-bond acceptors (Lipinski definition) is 4. The zero-order chi connectivity index (χ0) is 11.4. The molecule has 0 amide bonds. The van der Waals surface area contributed by atoms with Gasteiger partial charge in [-0.3, -0.25) is 14.9 Å². The summed E-state index contributed by atoms with van der Waals surface area (Å²) >= 11 is 0. The lowest BCUT2D eigenvalue weighted by Gasteiger charge is -1.94. The number of furan rings is 1. The standard InChI is InChI=1S/C10H11NO4/c1-7(2)9(12)5-3-8-4-6-10(15-8)11(13)14/h3-7H,1-2H3/b5-3+. The van der Waals surface area contributed by atoms with Gasteiger partial charge in [-0.05, 0) is 18.2 Å². The van der Waals surface area contributed by atoms with Gasteiger partial charge >= 0.3 is 5.88 Å². The molecule has 80 valence electrons. The van der Waals surface area contributed by atoms with E-state index in [1.165, 1.54) is 24.3 Å². The van der Waals surface area contributed by atoms with Gasteiger partial charge in [0.1, 0.15) is 10.7 Å². The van der Waals surface area contributed by atoms with Gasteiger partial charge in [0.15, 0.2) is 5.78 Å². The van der Waals surface area contributed by atoms with Crippen molar-refractivity contribution in [3.63, 3.8) is 0 Å². The second kappa shape index (κ2) is 4.54. The summed E-state index contributed by atoms with van der Waals surface area (Å²) in [5.74, 6) is -0.164. The highest BCUT2D eigenvalue weighted by molar-refractivity contribution is 5.94. The number of carbonyl (C=O) groups is 1. The Labute approximate surface area is 86.5 Å². The van der Waals surface area contributed by atoms with Crippen LogP contribution in [0.25, 0.3) is 6.08 Å². The Hall–Kier alpha value is -1.91. The van der Waals surface area contributed by atoms with Crippen LogP contribution in [0.1, 0.15) is 19.6 Å². The summed E-state index contributed by atoms with van der Waals surface area (Å²) in [6, 6.07) is 2.70. The maximum atomic E-state index is 11.2. The van der Waals surface area contributed by atoms with Gasteiger partial charge in [0.25, 0.3) is 0 Å². The van der Waals surface area contributed by atoms with Crippen LogP contribution in [0.4, 0.5) is 5.88 Å². The quantitative estimate of drug-likeness (QED) is 0.433. The predicted octanol–water partition coefficient (Wildman–Crippen LogP) is 2.43. The van der Waals surface area contributed by atoms with Gasteiger partial charge in [0, 0.05) is 5.92 Å². The van der Waals surface area contributed by atoms with Crippen molar-refractivity contribution in [3.05, 3.63) is 34.1 Å². The topological polar surface area (TPSA) is 73.3 Å². The Morgan fingerprint density at radius 1 is 1.53 bits per heavy atom. The van der Waals surface area contributed by atoms with Crippen LogP contribution < -0.4 is 0 Å². The summed E-state index contributed by atoms with van der Waals surface area (Å²) in [4.78, 5) is 20.9. The highest BCUT2D eigenvalue weighted by atomic mass is 16.6. The Bertz CT molecular complexity index is 403. The minimum atomic E-state index is -0.623. The highest BCUT2D eigenvalue weighted by Gasteiger charge is 2.10. The van der Waals surface area contributed by atoms with E-state index in [-0.39, 0.29) is 17.6 Å². The molecule has 0 spiro atoms. The van der Waals surface area contributed by atoms with Crippen molar-refractivity contribution >= 4 is 17.7 Å². The van der Waals surface area contributed by atoms with Crippen molar-refractivity contribution in [3.8, 4) is 0 Å². The third-order valence-corrected chi connectivity index (χ3v) is 1.77. The molecule has 0 aliphatic carbocycles. The van der Waals surface area contributed by atoms with E-state index in [0.717, 1.165) is 0 Å². The van der Waals surface area contributed by atoms with E-state index >= 15 is 0 Å². The molecule has 15 heavy (non-hydrogen) atoms. The Morgan fingerprint density at radius 2 is 2.20 bits per heavy atom. The average molecular weight is 209 g/mol. The molecule has 0 aliphatic rings.